The third kappa shape index (κ3) is 3.17. The van der Waals surface area contributed by atoms with E-state index in [2.05, 4.69) is 0 Å². The summed E-state index contributed by atoms with van der Waals surface area (Å²) in [4.78, 5) is 11.9. The van der Waals surface area contributed by atoms with Gasteiger partial charge in [-0.3, -0.25) is 9.69 Å². The Morgan fingerprint density at radius 1 is 1.57 bits per heavy atom. The van der Waals surface area contributed by atoms with Gasteiger partial charge in [0.25, 0.3) is 0 Å². The van der Waals surface area contributed by atoms with Gasteiger partial charge in [0, 0.05) is 0 Å². The van der Waals surface area contributed by atoms with Crippen molar-refractivity contribution in [1.82, 2.24) is 4.90 Å². The first kappa shape index (κ1) is 11.3. The number of hydrogen-bond acceptors (Lipinski definition) is 2. The molecule has 1 atom stereocenters. The van der Waals surface area contributed by atoms with Crippen molar-refractivity contribution in [2.24, 2.45) is 5.73 Å². The molecule has 1 radical (unpaired) electrons. The molecule has 6 heteroatoms. The van der Waals surface area contributed by atoms with Gasteiger partial charge in [0.2, 0.25) is 5.91 Å². The lowest BCUT2D eigenvalue weighted by Crippen LogP contribution is -2.50. The minimum Gasteiger partial charge on any atom is -0.368 e. The number of hydrogen-bond donors (Lipinski definition) is 1. The Bertz CT molecular complexity index is 217. The van der Waals surface area contributed by atoms with E-state index in [1.165, 1.54) is 0 Å². The van der Waals surface area contributed by atoms with Crippen LogP contribution in [-0.2, 0) is 4.79 Å². The van der Waals surface area contributed by atoms with E-state index < -0.39 is 24.7 Å². The average molecular weight is 209 g/mol. The second-order valence-electron chi connectivity index (χ2n) is 3.32. The highest BCUT2D eigenvalue weighted by Crippen LogP contribution is 2.22. The number of nitrogens with two attached hydrogens (primary N) is 1. The molecule has 81 valence electrons. The zero-order valence-corrected chi connectivity index (χ0v) is 7.55. The van der Waals surface area contributed by atoms with Gasteiger partial charge in [-0.2, -0.15) is 13.2 Å². The maximum atomic E-state index is 12.1. The number of piperidine rings is 1. The van der Waals surface area contributed by atoms with E-state index in [9.17, 15) is 18.0 Å². The molecule has 0 saturated carbocycles. The SMILES string of the molecule is NC(=O)C1C[CH]CCN1CC(F)(F)F. The van der Waals surface area contributed by atoms with Crippen molar-refractivity contribution in [2.45, 2.75) is 25.1 Å². The largest absolute Gasteiger partial charge is 0.401 e. The number of primary amides is 1. The molecule has 1 fully saturated rings. The van der Waals surface area contributed by atoms with Crippen molar-refractivity contribution < 1.29 is 18.0 Å². The zero-order chi connectivity index (χ0) is 10.8. The molecule has 0 bridgehead atoms. The van der Waals surface area contributed by atoms with E-state index in [4.69, 9.17) is 5.73 Å². The molecule has 1 saturated heterocycles. The van der Waals surface area contributed by atoms with Crippen LogP contribution < -0.4 is 5.73 Å². The molecule has 0 aromatic heterocycles. The van der Waals surface area contributed by atoms with Crippen LogP contribution in [0.2, 0.25) is 0 Å². The molecule has 1 aliphatic heterocycles. The molecule has 14 heavy (non-hydrogen) atoms. The van der Waals surface area contributed by atoms with Crippen LogP contribution in [0.4, 0.5) is 13.2 Å². The van der Waals surface area contributed by atoms with Gasteiger partial charge in [-0.25, -0.2) is 0 Å². The fraction of sp³-hybridized carbons (Fsp3) is 0.750. The van der Waals surface area contributed by atoms with Gasteiger partial charge in [0.05, 0.1) is 12.6 Å². The van der Waals surface area contributed by atoms with Crippen molar-refractivity contribution in [3.8, 4) is 0 Å². The minimum atomic E-state index is -4.27. The van der Waals surface area contributed by atoms with Gasteiger partial charge in [-0.1, -0.05) is 0 Å². The second-order valence-corrected chi connectivity index (χ2v) is 3.32. The predicted molar refractivity (Wildman–Crippen MR) is 44.1 cm³/mol. The van der Waals surface area contributed by atoms with Crippen LogP contribution in [0.15, 0.2) is 0 Å². The summed E-state index contributed by atoms with van der Waals surface area (Å²) in [7, 11) is 0. The Morgan fingerprint density at radius 2 is 2.21 bits per heavy atom. The van der Waals surface area contributed by atoms with E-state index in [-0.39, 0.29) is 6.54 Å². The third-order valence-corrected chi connectivity index (χ3v) is 2.16. The molecule has 2 N–H and O–H groups in total. The van der Waals surface area contributed by atoms with E-state index in [1.54, 1.807) is 6.42 Å². The summed E-state index contributed by atoms with van der Waals surface area (Å²) >= 11 is 0. The maximum absolute atomic E-state index is 12.1. The van der Waals surface area contributed by atoms with Gasteiger partial charge in [-0.05, 0) is 25.8 Å². The molecule has 3 nitrogen and oxygen atoms in total. The molecule has 0 aliphatic carbocycles. The smallest absolute Gasteiger partial charge is 0.368 e. The lowest BCUT2D eigenvalue weighted by atomic mass is 10.0. The third-order valence-electron chi connectivity index (χ3n) is 2.16. The molecule has 1 heterocycles. The predicted octanol–water partition coefficient (Wildman–Crippen LogP) is 0.703. The van der Waals surface area contributed by atoms with Gasteiger partial charge in [0.15, 0.2) is 0 Å². The van der Waals surface area contributed by atoms with Crippen molar-refractivity contribution in [3.05, 3.63) is 6.42 Å². The quantitative estimate of drug-likeness (QED) is 0.727. The average Bonchev–Trinajstić information content (AvgIpc) is 2.01. The molecular weight excluding hydrogens is 197 g/mol. The number of amides is 1. The van der Waals surface area contributed by atoms with Crippen molar-refractivity contribution in [2.75, 3.05) is 13.1 Å². The Kier molecular flexibility index (Phi) is 3.36. The highest BCUT2D eigenvalue weighted by atomic mass is 19.4. The molecular formula is C8H12F3N2O. The van der Waals surface area contributed by atoms with E-state index >= 15 is 0 Å². The van der Waals surface area contributed by atoms with E-state index in [0.717, 1.165) is 4.90 Å². The lowest BCUT2D eigenvalue weighted by molar-refractivity contribution is -0.155. The molecule has 0 aromatic rings. The summed E-state index contributed by atoms with van der Waals surface area (Å²) in [6.07, 6.45) is -1.60. The van der Waals surface area contributed by atoms with Gasteiger partial charge in [-0.15, -0.1) is 0 Å². The standard InChI is InChI=1S/C8H12F3N2O/c9-8(10,11)5-13-4-2-1-3-6(13)7(12)14/h1,6H,2-5H2,(H2,12,14). The fourth-order valence-electron chi connectivity index (χ4n) is 1.55. The number of halogens is 3. The summed E-state index contributed by atoms with van der Waals surface area (Å²) in [5.74, 6) is -0.690. The first-order valence-electron chi connectivity index (χ1n) is 4.32. The van der Waals surface area contributed by atoms with Gasteiger partial charge in [0.1, 0.15) is 0 Å². The van der Waals surface area contributed by atoms with Crippen molar-refractivity contribution in [1.29, 1.82) is 0 Å². The van der Waals surface area contributed by atoms with E-state index in [1.807, 2.05) is 0 Å². The fourth-order valence-corrected chi connectivity index (χ4v) is 1.55. The summed E-state index contributed by atoms with van der Waals surface area (Å²) in [6, 6.07) is -0.801. The first-order valence-corrected chi connectivity index (χ1v) is 4.32. The summed E-state index contributed by atoms with van der Waals surface area (Å²) in [6.45, 7) is -0.818. The number of likely N-dealkylation sites (tertiary alicyclic amines) is 1. The van der Waals surface area contributed by atoms with Crippen LogP contribution in [0.3, 0.4) is 0 Å². The Hall–Kier alpha value is -0.780. The molecule has 1 rings (SSSR count). The van der Waals surface area contributed by atoms with Crippen molar-refractivity contribution in [3.63, 3.8) is 0 Å². The van der Waals surface area contributed by atoms with E-state index in [0.29, 0.717) is 12.8 Å². The topological polar surface area (TPSA) is 46.3 Å². The summed E-state index contributed by atoms with van der Waals surface area (Å²) < 4.78 is 36.2. The van der Waals surface area contributed by atoms with Crippen molar-refractivity contribution >= 4 is 5.91 Å². The minimum absolute atomic E-state index is 0.243. The number of carbonyl (C=O) groups excluding carboxylic acids is 1. The summed E-state index contributed by atoms with van der Waals surface area (Å²) in [5.41, 5.74) is 5.01. The van der Waals surface area contributed by atoms with Crippen LogP contribution >= 0.6 is 0 Å². The molecule has 0 aromatic carbocycles. The Morgan fingerprint density at radius 3 is 2.71 bits per heavy atom. The molecule has 1 aliphatic rings. The zero-order valence-electron chi connectivity index (χ0n) is 7.55. The molecule has 1 unspecified atom stereocenters. The number of alkyl halides is 3. The maximum Gasteiger partial charge on any atom is 0.401 e. The highest BCUT2D eigenvalue weighted by Gasteiger charge is 2.36. The number of carbonyl (C=O) groups is 1. The van der Waals surface area contributed by atoms with Gasteiger partial charge >= 0.3 is 6.18 Å². The number of nitrogens with zero attached hydrogens (tertiary/aromatic N) is 1. The summed E-state index contributed by atoms with van der Waals surface area (Å²) in [5, 5.41) is 0. The Balaban J connectivity index is 2.59. The molecule has 1 amide bonds. The van der Waals surface area contributed by atoms with Crippen LogP contribution in [0.1, 0.15) is 12.8 Å². The number of rotatable bonds is 2. The monoisotopic (exact) mass is 209 g/mol. The van der Waals surface area contributed by atoms with Crippen LogP contribution in [-0.4, -0.2) is 36.1 Å². The molecule has 0 spiro atoms. The van der Waals surface area contributed by atoms with Crippen LogP contribution in [0.25, 0.3) is 0 Å². The highest BCUT2D eigenvalue weighted by molar-refractivity contribution is 5.80. The Labute approximate surface area is 80.0 Å². The second kappa shape index (κ2) is 4.16. The van der Waals surface area contributed by atoms with Crippen LogP contribution in [0, 0.1) is 6.42 Å². The van der Waals surface area contributed by atoms with Crippen LogP contribution in [0.5, 0.6) is 0 Å². The van der Waals surface area contributed by atoms with Gasteiger partial charge < -0.3 is 5.73 Å². The first-order chi connectivity index (χ1) is 6.40. The normalized spacial score (nSPS) is 24.9. The lowest BCUT2D eigenvalue weighted by Gasteiger charge is -2.33.